The van der Waals surface area contributed by atoms with Gasteiger partial charge in [0, 0.05) is 23.5 Å². The van der Waals surface area contributed by atoms with E-state index in [1.165, 1.54) is 43.5 Å². The molecule has 0 atom stereocenters. The smallest absolute Gasteiger partial charge is 0.0931 e. The van der Waals surface area contributed by atoms with Gasteiger partial charge in [-0.25, -0.2) is 0 Å². The van der Waals surface area contributed by atoms with E-state index in [4.69, 9.17) is 11.6 Å². The summed E-state index contributed by atoms with van der Waals surface area (Å²) < 4.78 is 0.899. The van der Waals surface area contributed by atoms with Crippen LogP contribution in [0.15, 0.2) is 12.1 Å². The van der Waals surface area contributed by atoms with Gasteiger partial charge in [-0.1, -0.05) is 18.5 Å². The molecule has 0 radical (unpaired) electrons. The maximum absolute atomic E-state index is 5.99. The fourth-order valence-corrected chi connectivity index (χ4v) is 4.03. The van der Waals surface area contributed by atoms with Crippen LogP contribution in [-0.2, 0) is 6.54 Å². The standard InChI is InChI=1S/C15H25ClN2S/c1-3-10-17-12-4-6-13(7-5-12)18(2)11-14-8-9-15(16)19-14/h8-9,12-13,17H,3-7,10-11H2,1-2H3. The quantitative estimate of drug-likeness (QED) is 0.849. The van der Waals surface area contributed by atoms with Crippen molar-refractivity contribution >= 4 is 22.9 Å². The number of hydrogen-bond acceptors (Lipinski definition) is 3. The summed E-state index contributed by atoms with van der Waals surface area (Å²) in [5, 5.41) is 3.65. The van der Waals surface area contributed by atoms with Crippen molar-refractivity contribution in [2.24, 2.45) is 0 Å². The molecule has 0 spiro atoms. The second-order valence-electron chi connectivity index (χ2n) is 5.58. The minimum atomic E-state index is 0.737. The van der Waals surface area contributed by atoms with Crippen LogP contribution in [0.5, 0.6) is 0 Å². The summed E-state index contributed by atoms with van der Waals surface area (Å²) in [6.45, 7) is 4.44. The van der Waals surface area contributed by atoms with E-state index >= 15 is 0 Å². The lowest BCUT2D eigenvalue weighted by atomic mass is 9.90. The SMILES string of the molecule is CCCNC1CCC(N(C)Cc2ccc(Cl)s2)CC1. The van der Waals surface area contributed by atoms with Crippen LogP contribution in [0.25, 0.3) is 0 Å². The molecule has 0 saturated heterocycles. The topological polar surface area (TPSA) is 15.3 Å². The highest BCUT2D eigenvalue weighted by molar-refractivity contribution is 7.16. The molecule has 0 amide bonds. The third-order valence-corrected chi connectivity index (χ3v) is 5.25. The molecule has 2 nitrogen and oxygen atoms in total. The van der Waals surface area contributed by atoms with Gasteiger partial charge in [-0.15, -0.1) is 11.3 Å². The molecule has 108 valence electrons. The normalized spacial score (nSPS) is 24.0. The molecule has 1 aromatic rings. The Kier molecular flexibility index (Phi) is 6.14. The van der Waals surface area contributed by atoms with E-state index in [9.17, 15) is 0 Å². The first-order chi connectivity index (χ1) is 9.19. The Bertz CT molecular complexity index is 372. The van der Waals surface area contributed by atoms with Crippen LogP contribution in [0.4, 0.5) is 0 Å². The van der Waals surface area contributed by atoms with Gasteiger partial charge in [0.25, 0.3) is 0 Å². The minimum absolute atomic E-state index is 0.737. The lowest BCUT2D eigenvalue weighted by Crippen LogP contribution is -2.40. The maximum atomic E-state index is 5.99. The third-order valence-electron chi connectivity index (χ3n) is 4.04. The highest BCUT2D eigenvalue weighted by atomic mass is 35.5. The molecule has 1 saturated carbocycles. The molecule has 19 heavy (non-hydrogen) atoms. The molecule has 1 fully saturated rings. The fraction of sp³-hybridized carbons (Fsp3) is 0.733. The summed E-state index contributed by atoms with van der Waals surface area (Å²) in [4.78, 5) is 3.87. The third kappa shape index (κ3) is 4.75. The largest absolute Gasteiger partial charge is 0.314 e. The van der Waals surface area contributed by atoms with Crippen LogP contribution in [0.1, 0.15) is 43.9 Å². The Labute approximate surface area is 126 Å². The van der Waals surface area contributed by atoms with Crippen molar-refractivity contribution in [2.75, 3.05) is 13.6 Å². The van der Waals surface area contributed by atoms with E-state index in [1.54, 1.807) is 11.3 Å². The maximum Gasteiger partial charge on any atom is 0.0931 e. The molecule has 1 heterocycles. The predicted octanol–water partition coefficient (Wildman–Crippen LogP) is 4.14. The van der Waals surface area contributed by atoms with Gasteiger partial charge in [0.05, 0.1) is 4.34 Å². The van der Waals surface area contributed by atoms with Gasteiger partial charge in [0.1, 0.15) is 0 Å². The van der Waals surface area contributed by atoms with Crippen molar-refractivity contribution in [2.45, 2.75) is 57.7 Å². The zero-order valence-corrected chi connectivity index (χ0v) is 13.6. The lowest BCUT2D eigenvalue weighted by molar-refractivity contribution is 0.169. The molecular weight excluding hydrogens is 276 g/mol. The van der Waals surface area contributed by atoms with E-state index in [2.05, 4.69) is 30.3 Å². The van der Waals surface area contributed by atoms with Crippen molar-refractivity contribution < 1.29 is 0 Å². The Morgan fingerprint density at radius 2 is 2.05 bits per heavy atom. The van der Waals surface area contributed by atoms with Crippen LogP contribution in [0.3, 0.4) is 0 Å². The second-order valence-corrected chi connectivity index (χ2v) is 7.38. The molecule has 0 bridgehead atoms. The Morgan fingerprint density at radius 1 is 1.32 bits per heavy atom. The van der Waals surface area contributed by atoms with Gasteiger partial charge in [-0.3, -0.25) is 4.90 Å². The molecule has 2 rings (SSSR count). The Balaban J connectivity index is 1.74. The van der Waals surface area contributed by atoms with Gasteiger partial charge in [0.15, 0.2) is 0 Å². The fourth-order valence-electron chi connectivity index (χ4n) is 2.88. The molecule has 0 aromatic carbocycles. The zero-order valence-electron chi connectivity index (χ0n) is 12.0. The first-order valence-corrected chi connectivity index (χ1v) is 8.56. The van der Waals surface area contributed by atoms with Crippen LogP contribution < -0.4 is 5.32 Å². The number of halogens is 1. The average molecular weight is 301 g/mol. The molecule has 1 aliphatic carbocycles. The second kappa shape index (κ2) is 7.63. The summed E-state index contributed by atoms with van der Waals surface area (Å²) in [5.74, 6) is 0. The van der Waals surface area contributed by atoms with Gasteiger partial charge in [0.2, 0.25) is 0 Å². The first-order valence-electron chi connectivity index (χ1n) is 7.37. The number of hydrogen-bond donors (Lipinski definition) is 1. The van der Waals surface area contributed by atoms with E-state index in [0.717, 1.165) is 23.0 Å². The van der Waals surface area contributed by atoms with Gasteiger partial charge in [-0.2, -0.15) is 0 Å². The Morgan fingerprint density at radius 3 is 2.63 bits per heavy atom. The van der Waals surface area contributed by atoms with Crippen molar-refractivity contribution in [3.8, 4) is 0 Å². The summed E-state index contributed by atoms with van der Waals surface area (Å²) in [5.41, 5.74) is 0. The average Bonchev–Trinajstić information content (AvgIpc) is 2.82. The van der Waals surface area contributed by atoms with Crippen LogP contribution >= 0.6 is 22.9 Å². The van der Waals surface area contributed by atoms with Crippen molar-refractivity contribution in [1.29, 1.82) is 0 Å². The van der Waals surface area contributed by atoms with Crippen LogP contribution in [0.2, 0.25) is 4.34 Å². The summed E-state index contributed by atoms with van der Waals surface area (Å²) >= 11 is 7.69. The predicted molar refractivity (Wildman–Crippen MR) is 85.1 cm³/mol. The zero-order chi connectivity index (χ0) is 13.7. The van der Waals surface area contributed by atoms with Gasteiger partial charge >= 0.3 is 0 Å². The highest BCUT2D eigenvalue weighted by Gasteiger charge is 2.23. The van der Waals surface area contributed by atoms with Crippen LogP contribution in [-0.4, -0.2) is 30.6 Å². The number of nitrogens with zero attached hydrogens (tertiary/aromatic N) is 1. The van der Waals surface area contributed by atoms with E-state index < -0.39 is 0 Å². The molecule has 0 unspecified atom stereocenters. The summed E-state index contributed by atoms with van der Waals surface area (Å²) in [6, 6.07) is 5.64. The number of nitrogens with one attached hydrogen (secondary N) is 1. The van der Waals surface area contributed by atoms with Crippen LogP contribution in [0, 0.1) is 0 Å². The van der Waals surface area contributed by atoms with E-state index in [-0.39, 0.29) is 0 Å². The molecule has 1 N–H and O–H groups in total. The Hall–Kier alpha value is -0.0900. The first kappa shape index (κ1) is 15.3. The number of thiophene rings is 1. The lowest BCUT2D eigenvalue weighted by Gasteiger charge is -2.34. The van der Waals surface area contributed by atoms with E-state index in [1.807, 2.05) is 6.07 Å². The summed E-state index contributed by atoms with van der Waals surface area (Å²) in [6.07, 6.45) is 6.51. The molecule has 1 aromatic heterocycles. The number of rotatable bonds is 6. The monoisotopic (exact) mass is 300 g/mol. The van der Waals surface area contributed by atoms with Crippen molar-refractivity contribution in [3.63, 3.8) is 0 Å². The molecular formula is C15H25ClN2S. The van der Waals surface area contributed by atoms with Crippen molar-refractivity contribution in [1.82, 2.24) is 10.2 Å². The minimum Gasteiger partial charge on any atom is -0.314 e. The van der Waals surface area contributed by atoms with E-state index in [0.29, 0.717) is 0 Å². The highest BCUT2D eigenvalue weighted by Crippen LogP contribution is 2.26. The molecule has 4 heteroatoms. The van der Waals surface area contributed by atoms with Gasteiger partial charge in [-0.05, 0) is 57.8 Å². The van der Waals surface area contributed by atoms with Crippen molar-refractivity contribution in [3.05, 3.63) is 21.3 Å². The molecule has 0 aliphatic heterocycles. The summed E-state index contributed by atoms with van der Waals surface area (Å²) in [7, 11) is 2.25. The van der Waals surface area contributed by atoms with Gasteiger partial charge < -0.3 is 5.32 Å². The molecule has 1 aliphatic rings.